The first kappa shape index (κ1) is 8.77. The second-order valence-corrected chi connectivity index (χ2v) is 3.66. The lowest BCUT2D eigenvalue weighted by molar-refractivity contribution is -0.0374. The fraction of sp³-hybridized carbons (Fsp3) is 0.875. The van der Waals surface area contributed by atoms with Crippen molar-refractivity contribution < 1.29 is 9.84 Å². The molecule has 1 unspecified atom stereocenters. The molecule has 74 valence electrons. The van der Waals surface area contributed by atoms with E-state index in [0.717, 1.165) is 25.7 Å². The van der Waals surface area contributed by atoms with Gasteiger partial charge in [-0.05, 0) is 25.7 Å². The van der Waals surface area contributed by atoms with Crippen LogP contribution in [0.1, 0.15) is 25.7 Å². The molecule has 4 N–H and O–H groups in total. The smallest absolute Gasteiger partial charge is 0.295 e. The van der Waals surface area contributed by atoms with Crippen molar-refractivity contribution in [2.24, 2.45) is 16.8 Å². The first-order valence-corrected chi connectivity index (χ1v) is 4.69. The third-order valence-corrected chi connectivity index (χ3v) is 2.64. The molecule has 0 spiro atoms. The van der Waals surface area contributed by atoms with Crippen molar-refractivity contribution in [2.45, 2.75) is 38.1 Å². The molecule has 0 aromatic carbocycles. The van der Waals surface area contributed by atoms with Gasteiger partial charge in [-0.2, -0.15) is 0 Å². The fourth-order valence-corrected chi connectivity index (χ4v) is 1.84. The second kappa shape index (κ2) is 3.51. The zero-order chi connectivity index (χ0) is 9.26. The van der Waals surface area contributed by atoms with Crippen LogP contribution in [0.2, 0.25) is 0 Å². The Morgan fingerprint density at radius 2 is 2.08 bits per heavy atom. The second-order valence-electron chi connectivity index (χ2n) is 3.66. The molecule has 2 rings (SSSR count). The Hall–Kier alpha value is -0.810. The van der Waals surface area contributed by atoms with Crippen LogP contribution in [0.3, 0.4) is 0 Å². The molecule has 5 nitrogen and oxygen atoms in total. The van der Waals surface area contributed by atoms with E-state index in [9.17, 15) is 0 Å². The number of ether oxygens (including phenoxy) is 1. The number of nitrogens with zero attached hydrogens (tertiary/aromatic N) is 1. The molecular weight excluding hydrogens is 170 g/mol. The molecule has 13 heavy (non-hydrogen) atoms. The summed E-state index contributed by atoms with van der Waals surface area (Å²) in [5.74, 6) is 0.976. The van der Waals surface area contributed by atoms with Gasteiger partial charge in [-0.15, -0.1) is 5.10 Å². The summed E-state index contributed by atoms with van der Waals surface area (Å²) in [6, 6.07) is 0.330. The van der Waals surface area contributed by atoms with Crippen LogP contribution in [0.15, 0.2) is 5.10 Å². The van der Waals surface area contributed by atoms with E-state index in [2.05, 4.69) is 10.5 Å². The summed E-state index contributed by atoms with van der Waals surface area (Å²) < 4.78 is 5.09. The molecule has 0 amide bonds. The lowest BCUT2D eigenvalue weighted by Crippen LogP contribution is -2.30. The van der Waals surface area contributed by atoms with Gasteiger partial charge in [0.05, 0.1) is 0 Å². The van der Waals surface area contributed by atoms with Gasteiger partial charge in [-0.25, -0.2) is 5.43 Å². The van der Waals surface area contributed by atoms with Gasteiger partial charge in [-0.3, -0.25) is 0 Å². The number of hydrogen-bond acceptors (Lipinski definition) is 5. The standard InChI is InChI=1S/C8H15N3O2/c9-6-3-1-5(2-4-6)7-10-11-8(12)13-7/h5-6,8,11-12H,1-4,9H2/t5-,6-,8?. The fourth-order valence-electron chi connectivity index (χ4n) is 1.84. The van der Waals surface area contributed by atoms with Gasteiger partial charge in [0, 0.05) is 12.0 Å². The maximum absolute atomic E-state index is 9.01. The lowest BCUT2D eigenvalue weighted by Gasteiger charge is -2.24. The molecule has 5 heteroatoms. The molecular formula is C8H15N3O2. The minimum absolute atomic E-state index is 0.330. The summed E-state index contributed by atoms with van der Waals surface area (Å²) in [4.78, 5) is 0. The number of nitrogens with one attached hydrogen (secondary N) is 1. The number of aliphatic hydroxyl groups excluding tert-OH is 1. The van der Waals surface area contributed by atoms with Crippen LogP contribution in [0.25, 0.3) is 0 Å². The molecule has 0 bridgehead atoms. The molecule has 0 aromatic rings. The first-order chi connectivity index (χ1) is 6.25. The Labute approximate surface area is 76.9 Å². The van der Waals surface area contributed by atoms with E-state index in [-0.39, 0.29) is 0 Å². The van der Waals surface area contributed by atoms with Crippen LogP contribution < -0.4 is 11.2 Å². The number of hydrazone groups is 1. The predicted molar refractivity (Wildman–Crippen MR) is 47.6 cm³/mol. The van der Waals surface area contributed by atoms with Gasteiger partial charge in [0.25, 0.3) is 6.41 Å². The van der Waals surface area contributed by atoms with Gasteiger partial charge in [0.1, 0.15) is 0 Å². The molecule has 1 atom stereocenters. The maximum Gasteiger partial charge on any atom is 0.295 e. The topological polar surface area (TPSA) is 79.9 Å². The van der Waals surface area contributed by atoms with Gasteiger partial charge in [0.2, 0.25) is 5.90 Å². The van der Waals surface area contributed by atoms with Crippen LogP contribution >= 0.6 is 0 Å². The Morgan fingerprint density at radius 1 is 1.38 bits per heavy atom. The monoisotopic (exact) mass is 185 g/mol. The zero-order valence-electron chi connectivity index (χ0n) is 7.44. The highest BCUT2D eigenvalue weighted by Crippen LogP contribution is 2.26. The van der Waals surface area contributed by atoms with Gasteiger partial charge >= 0.3 is 0 Å². The van der Waals surface area contributed by atoms with Crippen LogP contribution in [0.4, 0.5) is 0 Å². The van der Waals surface area contributed by atoms with Crippen molar-refractivity contribution in [3.8, 4) is 0 Å². The Kier molecular flexibility index (Phi) is 2.37. The van der Waals surface area contributed by atoms with Crippen molar-refractivity contribution in [2.75, 3.05) is 0 Å². The van der Waals surface area contributed by atoms with Crippen molar-refractivity contribution >= 4 is 5.90 Å². The molecule has 0 saturated heterocycles. The van der Waals surface area contributed by atoms with Crippen molar-refractivity contribution in [3.63, 3.8) is 0 Å². The molecule has 1 saturated carbocycles. The van der Waals surface area contributed by atoms with Gasteiger partial charge in [-0.1, -0.05) is 0 Å². The lowest BCUT2D eigenvalue weighted by atomic mass is 9.86. The molecule has 1 aliphatic heterocycles. The molecule has 0 aromatic heterocycles. The number of nitrogens with two attached hydrogens (primary N) is 1. The van der Waals surface area contributed by atoms with Crippen molar-refractivity contribution in [3.05, 3.63) is 0 Å². The summed E-state index contributed by atoms with van der Waals surface area (Å²) in [5.41, 5.74) is 8.25. The average molecular weight is 185 g/mol. The van der Waals surface area contributed by atoms with Crippen LogP contribution in [-0.4, -0.2) is 23.5 Å². The van der Waals surface area contributed by atoms with Crippen molar-refractivity contribution in [1.29, 1.82) is 0 Å². The highest BCUT2D eigenvalue weighted by atomic mass is 16.6. The molecule has 0 radical (unpaired) electrons. The number of rotatable bonds is 1. The molecule has 2 aliphatic rings. The largest absolute Gasteiger partial charge is 0.430 e. The van der Waals surface area contributed by atoms with E-state index in [0.29, 0.717) is 17.9 Å². The molecule has 1 aliphatic carbocycles. The predicted octanol–water partition coefficient (Wildman–Crippen LogP) is -0.287. The Bertz CT molecular complexity index is 211. The Morgan fingerprint density at radius 3 is 2.62 bits per heavy atom. The van der Waals surface area contributed by atoms with Crippen molar-refractivity contribution in [1.82, 2.24) is 5.43 Å². The van der Waals surface area contributed by atoms with E-state index in [1.807, 2.05) is 0 Å². The summed E-state index contributed by atoms with van der Waals surface area (Å²) in [6.45, 7) is 0. The van der Waals surface area contributed by atoms with E-state index < -0.39 is 6.41 Å². The molecule has 1 heterocycles. The quantitative estimate of drug-likeness (QED) is 0.524. The molecule has 1 fully saturated rings. The van der Waals surface area contributed by atoms with E-state index in [1.54, 1.807) is 0 Å². The zero-order valence-corrected chi connectivity index (χ0v) is 7.44. The SMILES string of the molecule is N[C@H]1CC[C@H](C2=NNC(O)O2)CC1. The Balaban J connectivity index is 1.88. The number of aliphatic hydroxyl groups is 1. The number of hydrogen-bond donors (Lipinski definition) is 3. The highest BCUT2D eigenvalue weighted by molar-refractivity contribution is 5.79. The average Bonchev–Trinajstić information content (AvgIpc) is 2.53. The summed E-state index contributed by atoms with van der Waals surface area (Å²) in [6.07, 6.45) is 3.10. The summed E-state index contributed by atoms with van der Waals surface area (Å²) >= 11 is 0. The third kappa shape index (κ3) is 1.92. The van der Waals surface area contributed by atoms with Gasteiger partial charge < -0.3 is 15.6 Å². The minimum Gasteiger partial charge on any atom is -0.430 e. The van der Waals surface area contributed by atoms with E-state index >= 15 is 0 Å². The van der Waals surface area contributed by atoms with Gasteiger partial charge in [0.15, 0.2) is 0 Å². The van der Waals surface area contributed by atoms with Crippen LogP contribution in [0, 0.1) is 5.92 Å². The van der Waals surface area contributed by atoms with E-state index in [1.165, 1.54) is 0 Å². The van der Waals surface area contributed by atoms with Crippen LogP contribution in [-0.2, 0) is 4.74 Å². The van der Waals surface area contributed by atoms with Crippen LogP contribution in [0.5, 0.6) is 0 Å². The normalized spacial score (nSPS) is 39.2. The highest BCUT2D eigenvalue weighted by Gasteiger charge is 2.28. The first-order valence-electron chi connectivity index (χ1n) is 4.69. The summed E-state index contributed by atoms with van der Waals surface area (Å²) in [5, 5.41) is 12.9. The third-order valence-electron chi connectivity index (χ3n) is 2.64. The summed E-state index contributed by atoms with van der Waals surface area (Å²) in [7, 11) is 0. The van der Waals surface area contributed by atoms with E-state index in [4.69, 9.17) is 15.6 Å². The maximum atomic E-state index is 9.01. The minimum atomic E-state index is -0.953.